The number of carbonyl (C=O) groups is 2. The molecule has 0 bridgehead atoms. The number of aryl methyl sites for hydroxylation is 1. The molecule has 0 aliphatic carbocycles. The number of hydrogen-bond acceptors (Lipinski definition) is 7. The van der Waals surface area contributed by atoms with Crippen LogP contribution in [0.5, 0.6) is 0 Å². The summed E-state index contributed by atoms with van der Waals surface area (Å²) in [6.07, 6.45) is -5.62. The van der Waals surface area contributed by atoms with Crippen LogP contribution in [0.1, 0.15) is 23.4 Å². The minimum atomic E-state index is -5.08. The number of oxazole rings is 1. The van der Waals surface area contributed by atoms with Gasteiger partial charge in [0.2, 0.25) is 5.89 Å². The van der Waals surface area contributed by atoms with E-state index in [9.17, 15) is 26.3 Å². The average molecular weight is 661 g/mol. The van der Waals surface area contributed by atoms with Crippen molar-refractivity contribution in [3.05, 3.63) is 70.8 Å². The van der Waals surface area contributed by atoms with E-state index >= 15 is 0 Å². The third-order valence-corrected chi connectivity index (χ3v) is 6.67. The average Bonchev–Trinajstić information content (AvgIpc) is 3.65. The first-order valence-electron chi connectivity index (χ1n) is 12.9. The number of fused-ring (bicyclic) bond motifs is 3. The second-order valence-electron chi connectivity index (χ2n) is 9.70. The molecule has 45 heavy (non-hydrogen) atoms. The van der Waals surface area contributed by atoms with Gasteiger partial charge in [0.1, 0.15) is 17.8 Å². The Balaban J connectivity index is 0.000000277. The van der Waals surface area contributed by atoms with Gasteiger partial charge in [-0.2, -0.15) is 26.3 Å². The predicted octanol–water partition coefficient (Wildman–Crippen LogP) is 5.82. The molecule has 0 spiro atoms. The summed E-state index contributed by atoms with van der Waals surface area (Å²) < 4.78 is 73.4. The lowest BCUT2D eigenvalue weighted by Crippen LogP contribution is -2.36. The zero-order valence-electron chi connectivity index (χ0n) is 23.1. The van der Waals surface area contributed by atoms with Crippen molar-refractivity contribution in [2.45, 2.75) is 38.8 Å². The number of benzene rings is 1. The van der Waals surface area contributed by atoms with E-state index in [0.29, 0.717) is 12.4 Å². The molecule has 4 aromatic heterocycles. The first-order valence-corrected chi connectivity index (χ1v) is 13.3. The van der Waals surface area contributed by atoms with Crippen molar-refractivity contribution in [1.29, 1.82) is 0 Å². The maximum absolute atomic E-state index is 10.6. The largest absolute Gasteiger partial charge is 0.490 e. The van der Waals surface area contributed by atoms with Gasteiger partial charge in [-0.05, 0) is 67.9 Å². The third kappa shape index (κ3) is 8.10. The molecule has 5 heterocycles. The monoisotopic (exact) mass is 660 g/mol. The fraction of sp³-hybridized carbons (Fsp3) is 0.296. The minimum absolute atomic E-state index is 0.581. The molecule has 6 rings (SSSR count). The SMILES string of the molecule is Cc1nnc2ccc3c(cc(-c4ncco4)n3Cc3cc(Cl)cc(CN4CCC4)c3)n12.O=C(O)C(F)(F)F.O=C(O)C(F)(F)F. The molecule has 2 N–H and O–H groups in total. The number of likely N-dealkylation sites (tertiary alicyclic amines) is 1. The third-order valence-electron chi connectivity index (χ3n) is 6.45. The van der Waals surface area contributed by atoms with Crippen LogP contribution in [0.3, 0.4) is 0 Å². The first-order chi connectivity index (χ1) is 21.0. The Kier molecular flexibility index (Phi) is 9.72. The number of carboxylic acid groups (broad SMARTS) is 2. The van der Waals surface area contributed by atoms with Gasteiger partial charge in [-0.1, -0.05) is 17.7 Å². The molecule has 1 aliphatic rings. The predicted molar refractivity (Wildman–Crippen MR) is 147 cm³/mol. The maximum atomic E-state index is 10.6. The van der Waals surface area contributed by atoms with Crippen molar-refractivity contribution in [3.63, 3.8) is 0 Å². The minimum Gasteiger partial charge on any atom is -0.475 e. The topological polar surface area (TPSA) is 139 Å². The summed E-state index contributed by atoms with van der Waals surface area (Å²) in [5.74, 6) is -4.09. The summed E-state index contributed by atoms with van der Waals surface area (Å²) in [7, 11) is 0. The number of aromatic nitrogens is 5. The Morgan fingerprint density at radius 2 is 1.51 bits per heavy atom. The van der Waals surface area contributed by atoms with Gasteiger partial charge >= 0.3 is 24.3 Å². The highest BCUT2D eigenvalue weighted by Gasteiger charge is 2.38. The van der Waals surface area contributed by atoms with Crippen LogP contribution < -0.4 is 0 Å². The molecule has 0 atom stereocenters. The van der Waals surface area contributed by atoms with Crippen LogP contribution >= 0.6 is 11.6 Å². The van der Waals surface area contributed by atoms with Crippen molar-refractivity contribution in [2.24, 2.45) is 0 Å². The van der Waals surface area contributed by atoms with Gasteiger partial charge in [0, 0.05) is 18.1 Å². The molecular weight excluding hydrogens is 638 g/mol. The van der Waals surface area contributed by atoms with E-state index in [-0.39, 0.29) is 0 Å². The smallest absolute Gasteiger partial charge is 0.475 e. The second-order valence-corrected chi connectivity index (χ2v) is 10.1. The Morgan fingerprint density at radius 3 is 2.02 bits per heavy atom. The number of halogens is 7. The van der Waals surface area contributed by atoms with Crippen LogP contribution in [0.25, 0.3) is 28.3 Å². The molecular formula is C27H23ClF6N6O5. The number of alkyl halides is 6. The van der Waals surface area contributed by atoms with Gasteiger partial charge < -0.3 is 19.2 Å². The Hall–Kier alpha value is -4.64. The molecule has 1 aliphatic heterocycles. The van der Waals surface area contributed by atoms with Crippen LogP contribution in [0.4, 0.5) is 26.3 Å². The standard InChI is InChI=1S/C23H21ClN6O.2C2HF3O2/c1-15-26-27-22-4-3-19-20(30(15)22)12-21(23-25-5-8-31-23)29(19)14-17-9-16(10-18(24)11-17)13-28-6-2-7-28;2*3-2(4,5)1(6)7/h3-5,8-12H,2,6-7,13-14H2,1H3;2*(H,6,7). The van der Waals surface area contributed by atoms with Crippen LogP contribution in [0.15, 0.2) is 53.3 Å². The van der Waals surface area contributed by atoms with Gasteiger partial charge in [-0.3, -0.25) is 9.30 Å². The highest BCUT2D eigenvalue weighted by atomic mass is 35.5. The van der Waals surface area contributed by atoms with Crippen molar-refractivity contribution in [2.75, 3.05) is 13.1 Å². The molecule has 1 saturated heterocycles. The number of rotatable bonds is 5. The van der Waals surface area contributed by atoms with E-state index in [0.717, 1.165) is 58.4 Å². The summed E-state index contributed by atoms with van der Waals surface area (Å²) in [5, 5.41) is 23.5. The second kappa shape index (κ2) is 13.2. The van der Waals surface area contributed by atoms with Crippen molar-refractivity contribution in [1.82, 2.24) is 29.0 Å². The summed E-state index contributed by atoms with van der Waals surface area (Å²) in [5.41, 5.74) is 6.21. The van der Waals surface area contributed by atoms with E-state index in [1.54, 1.807) is 12.5 Å². The first kappa shape index (κ1) is 33.3. The number of nitrogens with zero attached hydrogens (tertiary/aromatic N) is 6. The van der Waals surface area contributed by atoms with Crippen LogP contribution in [-0.4, -0.2) is 76.6 Å². The van der Waals surface area contributed by atoms with E-state index in [4.69, 9.17) is 35.8 Å². The number of hydrogen-bond donors (Lipinski definition) is 2. The molecule has 1 fully saturated rings. The van der Waals surface area contributed by atoms with Crippen molar-refractivity contribution < 1.29 is 50.6 Å². The van der Waals surface area contributed by atoms with Crippen LogP contribution in [0.2, 0.25) is 5.02 Å². The fourth-order valence-electron chi connectivity index (χ4n) is 4.42. The highest BCUT2D eigenvalue weighted by Crippen LogP contribution is 2.30. The molecule has 11 nitrogen and oxygen atoms in total. The zero-order valence-corrected chi connectivity index (χ0v) is 23.9. The fourth-order valence-corrected chi connectivity index (χ4v) is 4.70. The summed E-state index contributed by atoms with van der Waals surface area (Å²) in [6.45, 7) is 5.87. The van der Waals surface area contributed by atoms with Gasteiger partial charge in [-0.15, -0.1) is 10.2 Å². The molecule has 0 amide bonds. The molecule has 18 heteroatoms. The summed E-state index contributed by atoms with van der Waals surface area (Å²) in [6, 6.07) is 12.5. The van der Waals surface area contributed by atoms with E-state index in [1.807, 2.05) is 19.1 Å². The van der Waals surface area contributed by atoms with Crippen LogP contribution in [0, 0.1) is 6.92 Å². The van der Waals surface area contributed by atoms with E-state index in [2.05, 4.69) is 53.3 Å². The maximum Gasteiger partial charge on any atom is 0.490 e. The summed E-state index contributed by atoms with van der Waals surface area (Å²) >= 11 is 6.50. The van der Waals surface area contributed by atoms with Gasteiger partial charge in [0.05, 0.1) is 17.2 Å². The molecule has 0 radical (unpaired) electrons. The quantitative estimate of drug-likeness (QED) is 0.223. The Labute approximate surface area is 254 Å². The molecule has 5 aromatic rings. The van der Waals surface area contributed by atoms with Gasteiger partial charge in [0.25, 0.3) is 0 Å². The number of carboxylic acids is 2. The molecule has 0 unspecified atom stereocenters. The van der Waals surface area contributed by atoms with Gasteiger partial charge in [-0.25, -0.2) is 14.6 Å². The zero-order chi connectivity index (χ0) is 33.1. The number of pyridine rings is 1. The molecule has 0 saturated carbocycles. The normalized spacial score (nSPS) is 13.5. The van der Waals surface area contributed by atoms with Crippen molar-refractivity contribution >= 4 is 40.2 Å². The lowest BCUT2D eigenvalue weighted by molar-refractivity contribution is -0.193. The van der Waals surface area contributed by atoms with E-state index in [1.165, 1.54) is 12.0 Å². The highest BCUT2D eigenvalue weighted by molar-refractivity contribution is 6.30. The number of aliphatic carboxylic acids is 2. The lowest BCUT2D eigenvalue weighted by atomic mass is 10.1. The molecule has 1 aromatic carbocycles. The Morgan fingerprint density at radius 1 is 0.911 bits per heavy atom. The summed E-state index contributed by atoms with van der Waals surface area (Å²) in [4.78, 5) is 24.6. The lowest BCUT2D eigenvalue weighted by Gasteiger charge is -2.30. The van der Waals surface area contributed by atoms with Gasteiger partial charge in [0.15, 0.2) is 5.65 Å². The molecule has 240 valence electrons. The van der Waals surface area contributed by atoms with E-state index < -0.39 is 24.3 Å². The van der Waals surface area contributed by atoms with Crippen molar-refractivity contribution in [3.8, 4) is 11.6 Å². The Bertz CT molecular complexity index is 1790. The van der Waals surface area contributed by atoms with Crippen LogP contribution in [-0.2, 0) is 22.7 Å².